The van der Waals surface area contributed by atoms with Crippen LogP contribution in [0.25, 0.3) is 22.0 Å². The molecule has 4 rings (SSSR count). The Bertz CT molecular complexity index is 958. The summed E-state index contributed by atoms with van der Waals surface area (Å²) < 4.78 is 0. The van der Waals surface area contributed by atoms with E-state index in [9.17, 15) is 0 Å². The van der Waals surface area contributed by atoms with Crippen molar-refractivity contribution in [1.82, 2.24) is 9.97 Å². The highest BCUT2D eigenvalue weighted by atomic mass is 15.0. The summed E-state index contributed by atoms with van der Waals surface area (Å²) in [5.74, 6) is 0.895. The van der Waals surface area contributed by atoms with Crippen LogP contribution in [0.3, 0.4) is 0 Å². The third-order valence-corrected chi connectivity index (χ3v) is 4.31. The fourth-order valence-electron chi connectivity index (χ4n) is 2.97. The van der Waals surface area contributed by atoms with Crippen LogP contribution in [-0.2, 0) is 6.42 Å². The maximum Gasteiger partial charge on any atom is 0.137 e. The number of nitrogens with zero attached hydrogens (tertiary/aromatic N) is 2. The van der Waals surface area contributed by atoms with E-state index in [0.717, 1.165) is 29.7 Å². The van der Waals surface area contributed by atoms with Gasteiger partial charge < -0.3 is 5.32 Å². The number of anilines is 1. The standard InChI is InChI=1S/C22H19N3/c1-2-6-18(7-3-1)19-12-10-17(11-13-19)14-15-23-22-20-8-4-5-9-21(20)24-16-25-22/h1-13,16H,14-15H2,(H,23,24,25). The Balaban J connectivity index is 1.42. The molecule has 1 heterocycles. The lowest BCUT2D eigenvalue weighted by Crippen LogP contribution is -2.07. The Morgan fingerprint density at radius 3 is 2.24 bits per heavy atom. The van der Waals surface area contributed by atoms with Crippen LogP contribution in [0.2, 0.25) is 0 Å². The molecule has 4 aromatic rings. The average molecular weight is 325 g/mol. The summed E-state index contributed by atoms with van der Waals surface area (Å²) >= 11 is 0. The van der Waals surface area contributed by atoms with Crippen molar-refractivity contribution in [2.75, 3.05) is 11.9 Å². The Kier molecular flexibility index (Phi) is 4.38. The molecule has 0 aliphatic heterocycles. The molecule has 3 nitrogen and oxygen atoms in total. The van der Waals surface area contributed by atoms with Gasteiger partial charge in [-0.3, -0.25) is 0 Å². The molecule has 3 aromatic carbocycles. The second-order valence-corrected chi connectivity index (χ2v) is 5.98. The van der Waals surface area contributed by atoms with Gasteiger partial charge in [-0.2, -0.15) is 0 Å². The van der Waals surface area contributed by atoms with E-state index in [2.05, 4.69) is 63.8 Å². The van der Waals surface area contributed by atoms with Crippen LogP contribution in [0, 0.1) is 0 Å². The second-order valence-electron chi connectivity index (χ2n) is 5.98. The Morgan fingerprint density at radius 2 is 1.40 bits per heavy atom. The minimum absolute atomic E-state index is 0.839. The van der Waals surface area contributed by atoms with Gasteiger partial charge in [0, 0.05) is 11.9 Å². The number of benzene rings is 3. The quantitative estimate of drug-likeness (QED) is 0.564. The molecular formula is C22H19N3. The monoisotopic (exact) mass is 325 g/mol. The SMILES string of the molecule is c1ccc(-c2ccc(CCNc3ncnc4ccccc34)cc2)cc1. The van der Waals surface area contributed by atoms with Gasteiger partial charge in [-0.25, -0.2) is 9.97 Å². The van der Waals surface area contributed by atoms with Crippen LogP contribution in [0.15, 0.2) is 85.2 Å². The highest BCUT2D eigenvalue weighted by Crippen LogP contribution is 2.20. The second kappa shape index (κ2) is 7.14. The van der Waals surface area contributed by atoms with E-state index in [1.807, 2.05) is 30.3 Å². The molecule has 0 saturated heterocycles. The number of hydrogen-bond acceptors (Lipinski definition) is 3. The van der Waals surface area contributed by atoms with Crippen molar-refractivity contribution in [3.05, 3.63) is 90.8 Å². The van der Waals surface area contributed by atoms with Gasteiger partial charge in [-0.1, -0.05) is 66.7 Å². The average Bonchev–Trinajstić information content (AvgIpc) is 2.69. The number of fused-ring (bicyclic) bond motifs is 1. The topological polar surface area (TPSA) is 37.8 Å². The first-order valence-corrected chi connectivity index (χ1v) is 8.48. The number of aromatic nitrogens is 2. The lowest BCUT2D eigenvalue weighted by molar-refractivity contribution is 1.01. The van der Waals surface area contributed by atoms with Crippen molar-refractivity contribution < 1.29 is 0 Å². The summed E-state index contributed by atoms with van der Waals surface area (Å²) in [4.78, 5) is 8.67. The Labute approximate surface area is 147 Å². The highest BCUT2D eigenvalue weighted by molar-refractivity contribution is 5.88. The molecule has 0 atom stereocenters. The third kappa shape index (κ3) is 3.50. The molecule has 1 aromatic heterocycles. The zero-order valence-electron chi connectivity index (χ0n) is 13.9. The molecule has 1 N–H and O–H groups in total. The summed E-state index contributed by atoms with van der Waals surface area (Å²) in [6.07, 6.45) is 2.56. The molecule has 0 aliphatic rings. The normalized spacial score (nSPS) is 10.7. The number of hydrogen-bond donors (Lipinski definition) is 1. The van der Waals surface area contributed by atoms with Crippen LogP contribution in [0.4, 0.5) is 5.82 Å². The van der Waals surface area contributed by atoms with Crippen molar-refractivity contribution in [2.24, 2.45) is 0 Å². The first-order chi connectivity index (χ1) is 12.4. The van der Waals surface area contributed by atoms with E-state index in [-0.39, 0.29) is 0 Å². The van der Waals surface area contributed by atoms with Crippen molar-refractivity contribution in [3.63, 3.8) is 0 Å². The fourth-order valence-corrected chi connectivity index (χ4v) is 2.97. The number of nitrogens with one attached hydrogen (secondary N) is 1. The molecule has 0 radical (unpaired) electrons. The number of para-hydroxylation sites is 1. The van der Waals surface area contributed by atoms with E-state index >= 15 is 0 Å². The first-order valence-electron chi connectivity index (χ1n) is 8.48. The third-order valence-electron chi connectivity index (χ3n) is 4.31. The van der Waals surface area contributed by atoms with Crippen molar-refractivity contribution in [2.45, 2.75) is 6.42 Å². The number of rotatable bonds is 5. The first kappa shape index (κ1) is 15.3. The van der Waals surface area contributed by atoms with Crippen molar-refractivity contribution >= 4 is 16.7 Å². The predicted molar refractivity (Wildman–Crippen MR) is 104 cm³/mol. The highest BCUT2D eigenvalue weighted by Gasteiger charge is 2.02. The van der Waals surface area contributed by atoms with E-state index in [1.54, 1.807) is 6.33 Å². The van der Waals surface area contributed by atoms with Crippen LogP contribution in [0.5, 0.6) is 0 Å². The molecule has 0 spiro atoms. The summed E-state index contributed by atoms with van der Waals surface area (Å²) in [5.41, 5.74) is 4.77. The van der Waals surface area contributed by atoms with Crippen LogP contribution < -0.4 is 5.32 Å². The van der Waals surface area contributed by atoms with E-state index < -0.39 is 0 Å². The van der Waals surface area contributed by atoms with Gasteiger partial charge in [0.2, 0.25) is 0 Å². The van der Waals surface area contributed by atoms with Gasteiger partial charge in [0.1, 0.15) is 12.1 Å². The predicted octanol–water partition coefficient (Wildman–Crippen LogP) is 4.95. The molecule has 0 saturated carbocycles. The lowest BCUT2D eigenvalue weighted by Gasteiger charge is -2.09. The largest absolute Gasteiger partial charge is 0.369 e. The fraction of sp³-hybridized carbons (Fsp3) is 0.0909. The molecular weight excluding hydrogens is 306 g/mol. The van der Waals surface area contributed by atoms with Crippen molar-refractivity contribution in [3.8, 4) is 11.1 Å². The molecule has 122 valence electrons. The van der Waals surface area contributed by atoms with E-state index in [4.69, 9.17) is 0 Å². The van der Waals surface area contributed by atoms with Gasteiger partial charge in [-0.15, -0.1) is 0 Å². The summed E-state index contributed by atoms with van der Waals surface area (Å²) in [5, 5.41) is 4.49. The van der Waals surface area contributed by atoms with E-state index in [0.29, 0.717) is 0 Å². The minimum atomic E-state index is 0.839. The van der Waals surface area contributed by atoms with Crippen LogP contribution >= 0.6 is 0 Å². The molecule has 0 fully saturated rings. The van der Waals surface area contributed by atoms with Crippen molar-refractivity contribution in [1.29, 1.82) is 0 Å². The summed E-state index contributed by atoms with van der Waals surface area (Å²) in [7, 11) is 0. The maximum atomic E-state index is 4.37. The van der Waals surface area contributed by atoms with Gasteiger partial charge in [0.15, 0.2) is 0 Å². The molecule has 3 heteroatoms. The molecule has 0 bridgehead atoms. The summed E-state index contributed by atoms with van der Waals surface area (Å²) in [6, 6.07) is 27.3. The van der Waals surface area contributed by atoms with Gasteiger partial charge >= 0.3 is 0 Å². The molecule has 0 amide bonds. The van der Waals surface area contributed by atoms with Gasteiger partial charge in [0.25, 0.3) is 0 Å². The van der Waals surface area contributed by atoms with Gasteiger partial charge in [0.05, 0.1) is 5.52 Å². The zero-order valence-corrected chi connectivity index (χ0v) is 13.9. The zero-order chi connectivity index (χ0) is 16.9. The molecule has 25 heavy (non-hydrogen) atoms. The van der Waals surface area contributed by atoms with Crippen LogP contribution in [0.1, 0.15) is 5.56 Å². The minimum Gasteiger partial charge on any atom is -0.369 e. The molecule has 0 aliphatic carbocycles. The maximum absolute atomic E-state index is 4.37. The van der Waals surface area contributed by atoms with Crippen LogP contribution in [-0.4, -0.2) is 16.5 Å². The molecule has 0 unspecified atom stereocenters. The Morgan fingerprint density at radius 1 is 0.680 bits per heavy atom. The Hall–Kier alpha value is -3.20. The lowest BCUT2D eigenvalue weighted by atomic mass is 10.0. The summed E-state index contributed by atoms with van der Waals surface area (Å²) in [6.45, 7) is 0.839. The smallest absolute Gasteiger partial charge is 0.137 e. The van der Waals surface area contributed by atoms with Gasteiger partial charge in [-0.05, 0) is 35.2 Å². The van der Waals surface area contributed by atoms with E-state index in [1.165, 1.54) is 16.7 Å².